The largest absolute Gasteiger partial charge is 0.326 e. The summed E-state index contributed by atoms with van der Waals surface area (Å²) in [6.45, 7) is 6.18. The standard InChI is InChI=1S/C24H51O2PS/c1-3-5-7-9-11-13-15-17-19-21-23-25-27(28)26-24-22-20-18-16-14-12-10-8-6-4-2/h28H,3-24H2,1-2H3. The first-order valence-corrected chi connectivity index (χ1v) is 14.9. The first-order chi connectivity index (χ1) is 13.8. The summed E-state index contributed by atoms with van der Waals surface area (Å²) in [5.74, 6) is 0. The van der Waals surface area contributed by atoms with Gasteiger partial charge in [-0.3, -0.25) is 0 Å². The molecule has 0 aliphatic rings. The Bertz CT molecular complexity index is 253. The Morgan fingerprint density at radius 3 is 0.964 bits per heavy atom. The van der Waals surface area contributed by atoms with Gasteiger partial charge in [-0.1, -0.05) is 142 Å². The van der Waals surface area contributed by atoms with E-state index in [1.165, 1.54) is 116 Å². The maximum atomic E-state index is 5.71. The van der Waals surface area contributed by atoms with Crippen LogP contribution >= 0.6 is 19.8 Å². The average molecular weight is 435 g/mol. The van der Waals surface area contributed by atoms with Crippen LogP contribution in [0.1, 0.15) is 142 Å². The second-order valence-corrected chi connectivity index (χ2v) is 10.2. The third-order valence-electron chi connectivity index (χ3n) is 5.40. The highest BCUT2D eigenvalue weighted by Gasteiger charge is 2.04. The predicted molar refractivity (Wildman–Crippen MR) is 131 cm³/mol. The van der Waals surface area contributed by atoms with Gasteiger partial charge in [0.2, 0.25) is 7.58 Å². The van der Waals surface area contributed by atoms with Crippen molar-refractivity contribution < 1.29 is 9.05 Å². The molecule has 0 saturated heterocycles. The molecule has 0 aliphatic carbocycles. The highest BCUT2D eigenvalue weighted by atomic mass is 32.7. The zero-order valence-electron chi connectivity index (χ0n) is 19.3. The monoisotopic (exact) mass is 434 g/mol. The number of hydrogen-bond donors (Lipinski definition) is 1. The van der Waals surface area contributed by atoms with Crippen molar-refractivity contribution in [1.82, 2.24) is 0 Å². The smallest absolute Gasteiger partial charge is 0.234 e. The van der Waals surface area contributed by atoms with E-state index in [-0.39, 0.29) is 0 Å². The van der Waals surface area contributed by atoms with Gasteiger partial charge in [-0.05, 0) is 12.8 Å². The molecule has 0 saturated carbocycles. The Balaban J connectivity index is 3.12. The molecule has 0 spiro atoms. The van der Waals surface area contributed by atoms with Gasteiger partial charge in [0.05, 0.1) is 13.2 Å². The van der Waals surface area contributed by atoms with E-state index in [0.29, 0.717) is 0 Å². The van der Waals surface area contributed by atoms with Crippen molar-refractivity contribution in [2.24, 2.45) is 0 Å². The van der Waals surface area contributed by atoms with Crippen LogP contribution < -0.4 is 0 Å². The molecule has 170 valence electrons. The topological polar surface area (TPSA) is 18.5 Å². The molecule has 0 unspecified atom stereocenters. The van der Waals surface area contributed by atoms with Gasteiger partial charge in [0.15, 0.2) is 0 Å². The molecule has 0 aromatic carbocycles. The molecule has 28 heavy (non-hydrogen) atoms. The zero-order valence-corrected chi connectivity index (χ0v) is 21.1. The lowest BCUT2D eigenvalue weighted by atomic mass is 10.1. The van der Waals surface area contributed by atoms with Crippen LogP contribution in [0.3, 0.4) is 0 Å². The van der Waals surface area contributed by atoms with E-state index in [0.717, 1.165) is 26.1 Å². The molecule has 0 N–H and O–H groups in total. The maximum absolute atomic E-state index is 5.71. The van der Waals surface area contributed by atoms with Crippen LogP contribution in [0.2, 0.25) is 0 Å². The van der Waals surface area contributed by atoms with Crippen molar-refractivity contribution in [3.05, 3.63) is 0 Å². The first kappa shape index (κ1) is 28.7. The van der Waals surface area contributed by atoms with Crippen LogP contribution in [-0.2, 0) is 9.05 Å². The zero-order chi connectivity index (χ0) is 20.5. The van der Waals surface area contributed by atoms with Crippen molar-refractivity contribution in [3.8, 4) is 0 Å². The second-order valence-electron chi connectivity index (χ2n) is 8.27. The van der Waals surface area contributed by atoms with E-state index >= 15 is 0 Å². The molecular weight excluding hydrogens is 383 g/mol. The lowest BCUT2D eigenvalue weighted by Crippen LogP contribution is -1.93. The predicted octanol–water partition coefficient (Wildman–Crippen LogP) is 10.0. The van der Waals surface area contributed by atoms with Gasteiger partial charge in [-0.2, -0.15) is 0 Å². The van der Waals surface area contributed by atoms with Crippen molar-refractivity contribution in [2.75, 3.05) is 13.2 Å². The average Bonchev–Trinajstić information content (AvgIpc) is 2.70. The molecule has 0 aliphatic heterocycles. The summed E-state index contributed by atoms with van der Waals surface area (Å²) in [4.78, 5) is 0. The maximum Gasteiger partial charge on any atom is 0.234 e. The van der Waals surface area contributed by atoms with E-state index in [9.17, 15) is 0 Å². The van der Waals surface area contributed by atoms with E-state index in [4.69, 9.17) is 9.05 Å². The molecule has 0 bridgehead atoms. The van der Waals surface area contributed by atoms with Gasteiger partial charge in [0.25, 0.3) is 0 Å². The van der Waals surface area contributed by atoms with Crippen molar-refractivity contribution in [1.29, 1.82) is 0 Å². The van der Waals surface area contributed by atoms with Gasteiger partial charge in [-0.25, -0.2) is 0 Å². The van der Waals surface area contributed by atoms with Gasteiger partial charge < -0.3 is 9.05 Å². The molecule has 4 heteroatoms. The van der Waals surface area contributed by atoms with Gasteiger partial charge >= 0.3 is 0 Å². The van der Waals surface area contributed by atoms with Crippen molar-refractivity contribution in [3.63, 3.8) is 0 Å². The van der Waals surface area contributed by atoms with Gasteiger partial charge in [-0.15, -0.1) is 0 Å². The number of thiol groups is 1. The van der Waals surface area contributed by atoms with E-state index in [1.807, 2.05) is 0 Å². The fraction of sp³-hybridized carbons (Fsp3) is 1.00. The summed E-state index contributed by atoms with van der Waals surface area (Å²) in [6, 6.07) is 0. The van der Waals surface area contributed by atoms with Crippen molar-refractivity contribution >= 4 is 19.8 Å². The second kappa shape index (κ2) is 25.7. The van der Waals surface area contributed by atoms with Crippen LogP contribution in [0.5, 0.6) is 0 Å². The minimum Gasteiger partial charge on any atom is -0.326 e. The summed E-state index contributed by atoms with van der Waals surface area (Å²) in [6.07, 6.45) is 27.2. The molecule has 0 aromatic heterocycles. The molecule has 0 aromatic rings. The first-order valence-electron chi connectivity index (χ1n) is 12.6. The third kappa shape index (κ3) is 24.7. The Labute approximate surface area is 184 Å². The van der Waals surface area contributed by atoms with Crippen LogP contribution in [0, 0.1) is 0 Å². The Morgan fingerprint density at radius 1 is 0.429 bits per heavy atom. The lowest BCUT2D eigenvalue weighted by Gasteiger charge is -2.11. The lowest BCUT2D eigenvalue weighted by molar-refractivity contribution is 0.252. The summed E-state index contributed by atoms with van der Waals surface area (Å²) >= 11 is 4.45. The third-order valence-corrected chi connectivity index (χ3v) is 6.90. The van der Waals surface area contributed by atoms with E-state index < -0.39 is 7.58 Å². The molecular formula is C24H51O2PS. The molecule has 0 amide bonds. The molecule has 0 fully saturated rings. The Hall–Kier alpha value is 0.700. The fourth-order valence-electron chi connectivity index (χ4n) is 3.50. The molecule has 0 atom stereocenters. The van der Waals surface area contributed by atoms with Crippen LogP contribution in [-0.4, -0.2) is 13.2 Å². The summed E-state index contributed by atoms with van der Waals surface area (Å²) < 4.78 is 11.4. The van der Waals surface area contributed by atoms with E-state index in [2.05, 4.69) is 26.1 Å². The fourth-order valence-corrected chi connectivity index (χ4v) is 4.64. The summed E-state index contributed by atoms with van der Waals surface area (Å²) in [5, 5.41) is 0. The van der Waals surface area contributed by atoms with Crippen LogP contribution in [0.15, 0.2) is 0 Å². The molecule has 0 heterocycles. The van der Waals surface area contributed by atoms with Crippen LogP contribution in [0.4, 0.5) is 0 Å². The minimum atomic E-state index is -0.959. The van der Waals surface area contributed by atoms with Crippen molar-refractivity contribution in [2.45, 2.75) is 142 Å². The summed E-state index contributed by atoms with van der Waals surface area (Å²) in [7, 11) is -0.959. The number of hydrogen-bond acceptors (Lipinski definition) is 3. The minimum absolute atomic E-state index is 0.809. The highest BCUT2D eigenvalue weighted by molar-refractivity contribution is 8.41. The quantitative estimate of drug-likeness (QED) is 0.0925. The SMILES string of the molecule is CCCCCCCCCCCCOP(S)OCCCCCCCCCCCC. The number of rotatable bonds is 24. The van der Waals surface area contributed by atoms with Gasteiger partial charge in [0.1, 0.15) is 0 Å². The molecule has 0 rings (SSSR count). The van der Waals surface area contributed by atoms with Crippen LogP contribution in [0.25, 0.3) is 0 Å². The van der Waals surface area contributed by atoms with Gasteiger partial charge in [0, 0.05) is 0 Å². The Kier molecular flexibility index (Phi) is 26.4. The normalized spacial score (nSPS) is 11.6. The van der Waals surface area contributed by atoms with E-state index in [1.54, 1.807) is 0 Å². The number of unbranched alkanes of at least 4 members (excludes halogenated alkanes) is 18. The highest BCUT2D eigenvalue weighted by Crippen LogP contribution is 2.43. The summed E-state index contributed by atoms with van der Waals surface area (Å²) in [5.41, 5.74) is 0. The Morgan fingerprint density at radius 2 is 0.679 bits per heavy atom. The molecule has 2 nitrogen and oxygen atoms in total. The molecule has 0 radical (unpaired) electrons.